The van der Waals surface area contributed by atoms with Gasteiger partial charge in [0.2, 0.25) is 0 Å². The number of hydrogen-bond acceptors (Lipinski definition) is 1. The Morgan fingerprint density at radius 2 is 1.29 bits per heavy atom. The van der Waals surface area contributed by atoms with Crippen LogP contribution in [0.4, 0.5) is 0 Å². The Morgan fingerprint density at radius 3 is 1.81 bits per heavy atom. The third-order valence-corrected chi connectivity index (χ3v) is 5.36. The molecule has 2 heteroatoms. The number of aryl methyl sites for hydroxylation is 1. The van der Waals surface area contributed by atoms with E-state index in [0.29, 0.717) is 0 Å². The van der Waals surface area contributed by atoms with Crippen molar-refractivity contribution in [3.63, 3.8) is 0 Å². The van der Waals surface area contributed by atoms with Crippen LogP contribution in [0.3, 0.4) is 0 Å². The number of aliphatic hydroxyl groups excluding tert-OH is 1. The smallest absolute Gasteiger partial charge is 0.105 e. The molecule has 0 aromatic heterocycles. The van der Waals surface area contributed by atoms with Gasteiger partial charge in [-0.25, -0.2) is 0 Å². The van der Waals surface area contributed by atoms with Gasteiger partial charge in [0.1, 0.15) is 6.10 Å². The second kappa shape index (κ2) is 5.94. The molecule has 112 valence electrons. The molecule has 2 aromatic carbocycles. The fourth-order valence-electron chi connectivity index (χ4n) is 3.00. The maximum absolute atomic E-state index is 11.0. The molecule has 0 aliphatic heterocycles. The quantitative estimate of drug-likeness (QED) is 0.773. The van der Waals surface area contributed by atoms with Crippen LogP contribution in [0.5, 0.6) is 0 Å². The minimum atomic E-state index is -0.583. The molecule has 1 nitrogen and oxygen atoms in total. The van der Waals surface area contributed by atoms with E-state index in [1.807, 2.05) is 25.1 Å². The summed E-state index contributed by atoms with van der Waals surface area (Å²) in [6.07, 6.45) is -0.583. The lowest BCUT2D eigenvalue weighted by Gasteiger charge is -2.24. The lowest BCUT2D eigenvalue weighted by molar-refractivity contribution is 0.217. The monoisotopic (exact) mass is 346 g/mol. The highest BCUT2D eigenvalue weighted by molar-refractivity contribution is 9.10. The van der Waals surface area contributed by atoms with Crippen LogP contribution in [0.25, 0.3) is 0 Å². The van der Waals surface area contributed by atoms with Crippen molar-refractivity contribution in [1.29, 1.82) is 0 Å². The molecule has 1 atom stereocenters. The second-order valence-electron chi connectivity index (χ2n) is 5.94. The zero-order valence-corrected chi connectivity index (χ0v) is 15.2. The van der Waals surface area contributed by atoms with Crippen LogP contribution in [0.1, 0.15) is 50.6 Å². The number of benzene rings is 2. The zero-order chi connectivity index (χ0) is 15.9. The first kappa shape index (κ1) is 16.3. The molecule has 0 heterocycles. The summed E-state index contributed by atoms with van der Waals surface area (Å²) in [7, 11) is 0. The van der Waals surface area contributed by atoms with E-state index in [9.17, 15) is 5.11 Å². The molecule has 0 saturated heterocycles. The van der Waals surface area contributed by atoms with Gasteiger partial charge >= 0.3 is 0 Å². The number of halogens is 1. The van der Waals surface area contributed by atoms with Gasteiger partial charge in [-0.3, -0.25) is 0 Å². The number of rotatable bonds is 2. The van der Waals surface area contributed by atoms with Gasteiger partial charge in [0.25, 0.3) is 0 Å². The van der Waals surface area contributed by atoms with Crippen molar-refractivity contribution in [2.45, 2.75) is 47.6 Å². The van der Waals surface area contributed by atoms with Gasteiger partial charge in [0.15, 0.2) is 0 Å². The summed E-state index contributed by atoms with van der Waals surface area (Å²) in [6, 6.07) is 6.07. The van der Waals surface area contributed by atoms with Crippen LogP contribution < -0.4 is 0 Å². The Hall–Kier alpha value is -1.12. The summed E-state index contributed by atoms with van der Waals surface area (Å²) in [5.41, 5.74) is 9.41. The molecular weight excluding hydrogens is 324 g/mol. The highest BCUT2D eigenvalue weighted by Crippen LogP contribution is 2.35. The lowest BCUT2D eigenvalue weighted by atomic mass is 9.84. The Bertz CT molecular complexity index is 672. The van der Waals surface area contributed by atoms with Crippen molar-refractivity contribution in [3.8, 4) is 0 Å². The molecule has 1 N–H and O–H groups in total. The van der Waals surface area contributed by atoms with Crippen molar-refractivity contribution >= 4 is 15.9 Å². The Kier molecular flexibility index (Phi) is 4.60. The summed E-state index contributed by atoms with van der Waals surface area (Å²) >= 11 is 3.50. The molecule has 1 unspecified atom stereocenters. The van der Waals surface area contributed by atoms with Crippen LogP contribution in [-0.2, 0) is 0 Å². The molecule has 0 aliphatic carbocycles. The standard InChI is InChI=1S/C19H23BrO/c1-10-7-8-16(20)9-17(10)19(21)18-14(5)12(3)11(2)13(4)15(18)6/h7-9,19,21H,1-6H3. The zero-order valence-electron chi connectivity index (χ0n) is 13.6. The van der Waals surface area contributed by atoms with E-state index in [4.69, 9.17) is 0 Å². The van der Waals surface area contributed by atoms with E-state index in [1.165, 1.54) is 27.8 Å². The first-order valence-corrected chi connectivity index (χ1v) is 8.06. The van der Waals surface area contributed by atoms with E-state index in [-0.39, 0.29) is 0 Å². The minimum absolute atomic E-state index is 0.583. The molecule has 0 saturated carbocycles. The summed E-state index contributed by atoms with van der Waals surface area (Å²) in [6.45, 7) is 12.7. The first-order chi connectivity index (χ1) is 9.75. The van der Waals surface area contributed by atoms with E-state index in [1.54, 1.807) is 0 Å². The van der Waals surface area contributed by atoms with Crippen LogP contribution in [0.15, 0.2) is 22.7 Å². The van der Waals surface area contributed by atoms with Crippen LogP contribution in [-0.4, -0.2) is 5.11 Å². The molecular formula is C19H23BrO. The van der Waals surface area contributed by atoms with Gasteiger partial charge in [-0.2, -0.15) is 0 Å². The highest BCUT2D eigenvalue weighted by atomic mass is 79.9. The molecule has 0 bridgehead atoms. The average Bonchev–Trinajstić information content (AvgIpc) is 2.45. The third-order valence-electron chi connectivity index (χ3n) is 4.87. The first-order valence-electron chi connectivity index (χ1n) is 7.26. The summed E-state index contributed by atoms with van der Waals surface area (Å²) in [5, 5.41) is 11.0. The second-order valence-corrected chi connectivity index (χ2v) is 6.86. The Morgan fingerprint density at radius 1 is 0.810 bits per heavy atom. The summed E-state index contributed by atoms with van der Waals surface area (Å²) < 4.78 is 0.998. The fraction of sp³-hybridized carbons (Fsp3) is 0.368. The maximum Gasteiger partial charge on any atom is 0.105 e. The largest absolute Gasteiger partial charge is 0.384 e. The van der Waals surface area contributed by atoms with Crippen molar-refractivity contribution in [2.24, 2.45) is 0 Å². The third kappa shape index (κ3) is 2.79. The van der Waals surface area contributed by atoms with Gasteiger partial charge in [-0.05, 0) is 98.2 Å². The topological polar surface area (TPSA) is 20.2 Å². The SMILES string of the molecule is Cc1ccc(Br)cc1C(O)c1c(C)c(C)c(C)c(C)c1C. The molecule has 0 radical (unpaired) electrons. The van der Waals surface area contributed by atoms with Crippen molar-refractivity contribution in [1.82, 2.24) is 0 Å². The molecule has 21 heavy (non-hydrogen) atoms. The van der Waals surface area contributed by atoms with E-state index in [0.717, 1.165) is 21.2 Å². The molecule has 0 aliphatic rings. The molecule has 0 fully saturated rings. The maximum atomic E-state index is 11.0. The van der Waals surface area contributed by atoms with Crippen LogP contribution in [0.2, 0.25) is 0 Å². The number of hydrogen-bond donors (Lipinski definition) is 1. The highest BCUT2D eigenvalue weighted by Gasteiger charge is 2.21. The van der Waals surface area contributed by atoms with E-state index >= 15 is 0 Å². The molecule has 0 spiro atoms. The average molecular weight is 347 g/mol. The van der Waals surface area contributed by atoms with Crippen molar-refractivity contribution < 1.29 is 5.11 Å². The Labute approximate surface area is 136 Å². The van der Waals surface area contributed by atoms with Gasteiger partial charge in [0, 0.05) is 4.47 Å². The molecule has 0 amide bonds. The summed E-state index contributed by atoms with van der Waals surface area (Å²) in [5.74, 6) is 0. The summed E-state index contributed by atoms with van der Waals surface area (Å²) in [4.78, 5) is 0. The molecule has 2 rings (SSSR count). The van der Waals surface area contributed by atoms with E-state index < -0.39 is 6.10 Å². The normalized spacial score (nSPS) is 12.6. The predicted octanol–water partition coefficient (Wildman–Crippen LogP) is 5.38. The van der Waals surface area contributed by atoms with Gasteiger partial charge in [-0.1, -0.05) is 22.0 Å². The lowest BCUT2D eigenvalue weighted by Crippen LogP contribution is -2.10. The van der Waals surface area contributed by atoms with Crippen LogP contribution in [0, 0.1) is 41.5 Å². The van der Waals surface area contributed by atoms with Gasteiger partial charge in [0.05, 0.1) is 0 Å². The fourth-order valence-corrected chi connectivity index (χ4v) is 3.38. The number of aliphatic hydroxyl groups is 1. The molecule has 2 aromatic rings. The minimum Gasteiger partial charge on any atom is -0.384 e. The van der Waals surface area contributed by atoms with Gasteiger partial charge in [-0.15, -0.1) is 0 Å². The Balaban J connectivity index is 2.69. The van der Waals surface area contributed by atoms with Crippen molar-refractivity contribution in [3.05, 3.63) is 67.2 Å². The van der Waals surface area contributed by atoms with Gasteiger partial charge < -0.3 is 5.11 Å². The van der Waals surface area contributed by atoms with E-state index in [2.05, 4.69) is 50.5 Å². The van der Waals surface area contributed by atoms with Crippen LogP contribution >= 0.6 is 15.9 Å². The van der Waals surface area contributed by atoms with Crippen molar-refractivity contribution in [2.75, 3.05) is 0 Å². The predicted molar refractivity (Wildman–Crippen MR) is 93.1 cm³/mol.